The minimum absolute atomic E-state index is 0.0795. The molecule has 0 saturated carbocycles. The topological polar surface area (TPSA) is 41.5 Å². The van der Waals surface area contributed by atoms with Gasteiger partial charge < -0.3 is 15.2 Å². The molecule has 0 bridgehead atoms. The normalized spacial score (nSPS) is 12.5. The van der Waals surface area contributed by atoms with Gasteiger partial charge in [0.05, 0.1) is 6.61 Å². The van der Waals surface area contributed by atoms with E-state index in [0.717, 1.165) is 5.56 Å². The molecule has 0 aliphatic rings. The molecular weight excluding hydrogens is 197 g/mol. The molecule has 0 fully saturated rings. The number of nitrogens with one attached hydrogen (secondary N) is 1. The largest absolute Gasteiger partial charge is 0.491 e. The highest BCUT2D eigenvalue weighted by Gasteiger charge is 2.10. The molecule has 84 valence electrons. The maximum atomic E-state index is 13.0. The van der Waals surface area contributed by atoms with Crippen LogP contribution in [0.4, 0.5) is 4.39 Å². The SMILES string of the molecule is CNC(C)c1ccc(F)cc1OCCO. The van der Waals surface area contributed by atoms with E-state index in [-0.39, 0.29) is 25.1 Å². The second-order valence-electron chi connectivity index (χ2n) is 3.26. The molecule has 1 rings (SSSR count). The molecule has 0 radical (unpaired) electrons. The number of rotatable bonds is 5. The van der Waals surface area contributed by atoms with Crippen LogP contribution in [0.3, 0.4) is 0 Å². The highest BCUT2D eigenvalue weighted by Crippen LogP contribution is 2.25. The van der Waals surface area contributed by atoms with Gasteiger partial charge in [-0.05, 0) is 20.0 Å². The third-order valence-electron chi connectivity index (χ3n) is 2.22. The standard InChI is InChI=1S/C11H16FNO2/c1-8(13-2)10-4-3-9(12)7-11(10)15-6-5-14/h3-4,7-8,13-14H,5-6H2,1-2H3. The lowest BCUT2D eigenvalue weighted by Gasteiger charge is -2.16. The summed E-state index contributed by atoms with van der Waals surface area (Å²) < 4.78 is 18.2. The van der Waals surface area contributed by atoms with Crippen LogP contribution in [0, 0.1) is 5.82 Å². The van der Waals surface area contributed by atoms with Gasteiger partial charge in [0, 0.05) is 17.7 Å². The summed E-state index contributed by atoms with van der Waals surface area (Å²) in [6.07, 6.45) is 0. The van der Waals surface area contributed by atoms with Crippen LogP contribution in [-0.2, 0) is 0 Å². The van der Waals surface area contributed by atoms with Crippen LogP contribution in [0.2, 0.25) is 0 Å². The van der Waals surface area contributed by atoms with Crippen LogP contribution in [-0.4, -0.2) is 25.4 Å². The van der Waals surface area contributed by atoms with Crippen LogP contribution in [0.1, 0.15) is 18.5 Å². The fourth-order valence-electron chi connectivity index (χ4n) is 1.30. The van der Waals surface area contributed by atoms with E-state index in [4.69, 9.17) is 9.84 Å². The molecule has 0 heterocycles. The molecule has 0 aliphatic carbocycles. The third kappa shape index (κ3) is 3.18. The van der Waals surface area contributed by atoms with Crippen molar-refractivity contribution < 1.29 is 14.2 Å². The predicted molar refractivity (Wildman–Crippen MR) is 56.5 cm³/mol. The van der Waals surface area contributed by atoms with Crippen LogP contribution in [0.5, 0.6) is 5.75 Å². The lowest BCUT2D eigenvalue weighted by Crippen LogP contribution is -2.14. The molecule has 2 N–H and O–H groups in total. The van der Waals surface area contributed by atoms with Gasteiger partial charge in [-0.3, -0.25) is 0 Å². The van der Waals surface area contributed by atoms with E-state index >= 15 is 0 Å². The number of aliphatic hydroxyl groups excluding tert-OH is 1. The van der Waals surface area contributed by atoms with Gasteiger partial charge in [-0.25, -0.2) is 4.39 Å². The van der Waals surface area contributed by atoms with Crippen molar-refractivity contribution in [2.45, 2.75) is 13.0 Å². The lowest BCUT2D eigenvalue weighted by molar-refractivity contribution is 0.199. The highest BCUT2D eigenvalue weighted by molar-refractivity contribution is 5.36. The molecule has 0 amide bonds. The number of aliphatic hydroxyl groups is 1. The Morgan fingerprint density at radius 1 is 1.53 bits per heavy atom. The summed E-state index contributed by atoms with van der Waals surface area (Å²) in [5.74, 6) is 0.140. The number of hydrogen-bond acceptors (Lipinski definition) is 3. The van der Waals surface area contributed by atoms with Crippen LogP contribution in [0.15, 0.2) is 18.2 Å². The van der Waals surface area contributed by atoms with Crippen molar-refractivity contribution in [1.82, 2.24) is 5.32 Å². The van der Waals surface area contributed by atoms with Crippen molar-refractivity contribution in [3.63, 3.8) is 0 Å². The van der Waals surface area contributed by atoms with Gasteiger partial charge in [-0.15, -0.1) is 0 Å². The molecule has 0 spiro atoms. The fourth-order valence-corrected chi connectivity index (χ4v) is 1.30. The Kier molecular flexibility index (Phi) is 4.52. The Hall–Kier alpha value is -1.13. The van der Waals surface area contributed by atoms with Crippen molar-refractivity contribution in [3.05, 3.63) is 29.6 Å². The Morgan fingerprint density at radius 2 is 2.27 bits per heavy atom. The monoisotopic (exact) mass is 213 g/mol. The summed E-state index contributed by atoms with van der Waals surface area (Å²) in [5, 5.41) is 11.7. The summed E-state index contributed by atoms with van der Waals surface area (Å²) in [5.41, 5.74) is 0.882. The zero-order valence-corrected chi connectivity index (χ0v) is 8.96. The summed E-state index contributed by atoms with van der Waals surface area (Å²) in [7, 11) is 1.82. The average Bonchev–Trinajstić information content (AvgIpc) is 2.25. The van der Waals surface area contributed by atoms with Gasteiger partial charge in [0.25, 0.3) is 0 Å². The summed E-state index contributed by atoms with van der Waals surface area (Å²) in [4.78, 5) is 0. The average molecular weight is 213 g/mol. The molecule has 1 atom stereocenters. The molecular formula is C11H16FNO2. The van der Waals surface area contributed by atoms with Crippen molar-refractivity contribution in [3.8, 4) is 5.75 Å². The van der Waals surface area contributed by atoms with E-state index in [2.05, 4.69) is 5.32 Å². The van der Waals surface area contributed by atoms with E-state index in [1.807, 2.05) is 14.0 Å². The number of benzene rings is 1. The molecule has 0 saturated heterocycles. The van der Waals surface area contributed by atoms with Gasteiger partial charge in [-0.2, -0.15) is 0 Å². The summed E-state index contributed by atoms with van der Waals surface area (Å²) in [6, 6.07) is 4.50. The number of ether oxygens (including phenoxy) is 1. The zero-order valence-electron chi connectivity index (χ0n) is 8.96. The minimum atomic E-state index is -0.338. The first-order valence-corrected chi connectivity index (χ1v) is 4.89. The van der Waals surface area contributed by atoms with E-state index in [1.165, 1.54) is 12.1 Å². The van der Waals surface area contributed by atoms with Crippen molar-refractivity contribution in [2.75, 3.05) is 20.3 Å². The van der Waals surface area contributed by atoms with Crippen molar-refractivity contribution >= 4 is 0 Å². The van der Waals surface area contributed by atoms with Crippen LogP contribution >= 0.6 is 0 Å². The van der Waals surface area contributed by atoms with Gasteiger partial charge >= 0.3 is 0 Å². The van der Waals surface area contributed by atoms with Crippen molar-refractivity contribution in [2.24, 2.45) is 0 Å². The Bertz CT molecular complexity index is 317. The Balaban J connectivity index is 2.92. The molecule has 0 aromatic heterocycles. The third-order valence-corrected chi connectivity index (χ3v) is 2.22. The first-order chi connectivity index (χ1) is 7.19. The maximum Gasteiger partial charge on any atom is 0.127 e. The molecule has 1 aromatic carbocycles. The second-order valence-corrected chi connectivity index (χ2v) is 3.26. The number of hydrogen-bond donors (Lipinski definition) is 2. The minimum Gasteiger partial charge on any atom is -0.491 e. The lowest BCUT2D eigenvalue weighted by atomic mass is 10.1. The van der Waals surface area contributed by atoms with E-state index in [9.17, 15) is 4.39 Å². The predicted octanol–water partition coefficient (Wildman–Crippen LogP) is 1.48. The first-order valence-electron chi connectivity index (χ1n) is 4.89. The molecule has 1 aromatic rings. The first kappa shape index (κ1) is 11.9. The van der Waals surface area contributed by atoms with Gasteiger partial charge in [0.1, 0.15) is 18.2 Å². The van der Waals surface area contributed by atoms with Crippen molar-refractivity contribution in [1.29, 1.82) is 0 Å². The van der Waals surface area contributed by atoms with E-state index in [0.29, 0.717) is 5.75 Å². The Labute approximate surface area is 88.9 Å². The van der Waals surface area contributed by atoms with E-state index in [1.54, 1.807) is 6.07 Å². The smallest absolute Gasteiger partial charge is 0.127 e. The number of halogens is 1. The molecule has 4 heteroatoms. The summed E-state index contributed by atoms with van der Waals surface area (Å²) in [6.45, 7) is 2.05. The van der Waals surface area contributed by atoms with Gasteiger partial charge in [0.15, 0.2) is 0 Å². The molecule has 1 unspecified atom stereocenters. The van der Waals surface area contributed by atoms with Crippen LogP contribution in [0.25, 0.3) is 0 Å². The van der Waals surface area contributed by atoms with Crippen LogP contribution < -0.4 is 10.1 Å². The highest BCUT2D eigenvalue weighted by atomic mass is 19.1. The van der Waals surface area contributed by atoms with Gasteiger partial charge in [-0.1, -0.05) is 6.07 Å². The van der Waals surface area contributed by atoms with Gasteiger partial charge in [0.2, 0.25) is 0 Å². The summed E-state index contributed by atoms with van der Waals surface area (Å²) >= 11 is 0. The second kappa shape index (κ2) is 5.68. The maximum absolute atomic E-state index is 13.0. The zero-order chi connectivity index (χ0) is 11.3. The molecule has 0 aliphatic heterocycles. The Morgan fingerprint density at radius 3 is 2.87 bits per heavy atom. The molecule has 3 nitrogen and oxygen atoms in total. The molecule has 15 heavy (non-hydrogen) atoms. The van der Waals surface area contributed by atoms with E-state index < -0.39 is 0 Å². The quantitative estimate of drug-likeness (QED) is 0.778. The fraction of sp³-hybridized carbons (Fsp3) is 0.455.